The third-order valence-corrected chi connectivity index (χ3v) is 2.43. The maximum atomic E-state index is 10.5. The first-order chi connectivity index (χ1) is 6.10. The predicted molar refractivity (Wildman–Crippen MR) is 41.4 cm³/mol. The number of carbonyl (C=O) groups excluding carboxylic acids is 1. The van der Waals surface area contributed by atoms with Gasteiger partial charge < -0.3 is 25.3 Å². The first-order valence-electron chi connectivity index (χ1n) is 3.96. The standard InChI is InChI=1S/C7H13NO5/c9-2-5-1-6(12)7(13,3-10)8(5)4-11/h4-6,9-10,12-13H,1-3H2. The van der Waals surface area contributed by atoms with Crippen LogP contribution in [0.4, 0.5) is 0 Å². The highest BCUT2D eigenvalue weighted by Gasteiger charge is 2.50. The van der Waals surface area contributed by atoms with E-state index in [0.717, 1.165) is 4.90 Å². The van der Waals surface area contributed by atoms with Crippen LogP contribution in [0, 0.1) is 0 Å². The molecule has 1 amide bonds. The molecule has 0 aromatic carbocycles. The quantitative estimate of drug-likeness (QED) is 0.362. The summed E-state index contributed by atoms with van der Waals surface area (Å²) in [7, 11) is 0. The van der Waals surface area contributed by atoms with Crippen molar-refractivity contribution < 1.29 is 25.2 Å². The van der Waals surface area contributed by atoms with E-state index in [1.54, 1.807) is 0 Å². The highest BCUT2D eigenvalue weighted by atomic mass is 16.4. The fourth-order valence-electron chi connectivity index (χ4n) is 1.58. The van der Waals surface area contributed by atoms with Crippen molar-refractivity contribution in [2.75, 3.05) is 13.2 Å². The van der Waals surface area contributed by atoms with Gasteiger partial charge in [-0.1, -0.05) is 0 Å². The summed E-state index contributed by atoms with van der Waals surface area (Å²) >= 11 is 0. The molecule has 1 saturated heterocycles. The Morgan fingerprint density at radius 3 is 2.54 bits per heavy atom. The van der Waals surface area contributed by atoms with E-state index in [4.69, 9.17) is 10.2 Å². The Balaban J connectivity index is 2.88. The van der Waals surface area contributed by atoms with Crippen LogP contribution >= 0.6 is 0 Å². The van der Waals surface area contributed by atoms with Crippen LogP contribution in [0.3, 0.4) is 0 Å². The Morgan fingerprint density at radius 1 is 1.54 bits per heavy atom. The fraction of sp³-hybridized carbons (Fsp3) is 0.857. The molecule has 3 atom stereocenters. The Kier molecular flexibility index (Phi) is 2.87. The molecule has 1 fully saturated rings. The molecule has 0 radical (unpaired) electrons. The van der Waals surface area contributed by atoms with Crippen LogP contribution in [-0.2, 0) is 4.79 Å². The van der Waals surface area contributed by atoms with Crippen LogP contribution in [0.1, 0.15) is 6.42 Å². The summed E-state index contributed by atoms with van der Waals surface area (Å²) in [5.41, 5.74) is -1.95. The molecule has 6 nitrogen and oxygen atoms in total. The second kappa shape index (κ2) is 3.59. The van der Waals surface area contributed by atoms with Crippen molar-refractivity contribution in [1.29, 1.82) is 0 Å². The van der Waals surface area contributed by atoms with Crippen molar-refractivity contribution in [2.24, 2.45) is 0 Å². The van der Waals surface area contributed by atoms with Crippen molar-refractivity contribution in [2.45, 2.75) is 24.3 Å². The van der Waals surface area contributed by atoms with E-state index in [1.165, 1.54) is 0 Å². The van der Waals surface area contributed by atoms with Gasteiger partial charge in [-0.05, 0) is 0 Å². The summed E-state index contributed by atoms with van der Waals surface area (Å²) in [6, 6.07) is -0.635. The van der Waals surface area contributed by atoms with Gasteiger partial charge in [0.1, 0.15) is 6.10 Å². The van der Waals surface area contributed by atoms with E-state index in [0.29, 0.717) is 6.41 Å². The van der Waals surface area contributed by atoms with Crippen LogP contribution in [0.2, 0.25) is 0 Å². The molecule has 13 heavy (non-hydrogen) atoms. The van der Waals surface area contributed by atoms with E-state index in [-0.39, 0.29) is 13.0 Å². The third kappa shape index (κ3) is 1.42. The Hall–Kier alpha value is -0.690. The van der Waals surface area contributed by atoms with Crippen LogP contribution in [0.15, 0.2) is 0 Å². The monoisotopic (exact) mass is 191 g/mol. The number of likely N-dealkylation sites (tertiary alicyclic amines) is 1. The molecule has 0 aliphatic carbocycles. The first kappa shape index (κ1) is 10.4. The van der Waals surface area contributed by atoms with E-state index < -0.39 is 24.5 Å². The normalized spacial score (nSPS) is 39.5. The lowest BCUT2D eigenvalue weighted by atomic mass is 10.1. The number of amides is 1. The van der Waals surface area contributed by atoms with Crippen molar-refractivity contribution in [1.82, 2.24) is 4.90 Å². The molecule has 0 aromatic rings. The predicted octanol–water partition coefficient (Wildman–Crippen LogP) is -2.75. The Labute approximate surface area is 75.0 Å². The summed E-state index contributed by atoms with van der Waals surface area (Å²) in [6.45, 7) is -1.10. The van der Waals surface area contributed by atoms with Crippen molar-refractivity contribution in [3.8, 4) is 0 Å². The highest BCUT2D eigenvalue weighted by Crippen LogP contribution is 2.30. The molecular weight excluding hydrogens is 178 g/mol. The minimum absolute atomic E-state index is 0.0618. The first-order valence-corrected chi connectivity index (χ1v) is 3.96. The zero-order valence-corrected chi connectivity index (χ0v) is 7.00. The van der Waals surface area contributed by atoms with Gasteiger partial charge in [0.05, 0.1) is 19.3 Å². The maximum absolute atomic E-state index is 10.5. The molecule has 0 spiro atoms. The summed E-state index contributed by atoms with van der Waals surface area (Å²) in [4.78, 5) is 11.4. The second-order valence-corrected chi connectivity index (χ2v) is 3.14. The lowest BCUT2D eigenvalue weighted by Crippen LogP contribution is -2.54. The molecule has 6 heteroatoms. The van der Waals surface area contributed by atoms with Crippen molar-refractivity contribution >= 4 is 6.41 Å². The molecule has 3 unspecified atom stereocenters. The molecule has 0 saturated carbocycles. The molecule has 0 aromatic heterocycles. The van der Waals surface area contributed by atoms with Gasteiger partial charge in [0.15, 0.2) is 5.72 Å². The van der Waals surface area contributed by atoms with Gasteiger partial charge in [-0.25, -0.2) is 0 Å². The van der Waals surface area contributed by atoms with Gasteiger partial charge in [-0.3, -0.25) is 4.79 Å². The molecule has 0 bridgehead atoms. The molecule has 4 N–H and O–H groups in total. The summed E-state index contributed by atoms with van der Waals surface area (Å²) < 4.78 is 0. The third-order valence-electron chi connectivity index (χ3n) is 2.43. The van der Waals surface area contributed by atoms with Gasteiger partial charge in [-0.15, -0.1) is 0 Å². The largest absolute Gasteiger partial charge is 0.394 e. The molecule has 76 valence electrons. The molecule has 1 rings (SSSR count). The van der Waals surface area contributed by atoms with Crippen LogP contribution < -0.4 is 0 Å². The van der Waals surface area contributed by atoms with Gasteiger partial charge in [0.25, 0.3) is 0 Å². The lowest BCUT2D eigenvalue weighted by molar-refractivity contribution is -0.177. The Morgan fingerprint density at radius 2 is 2.15 bits per heavy atom. The second-order valence-electron chi connectivity index (χ2n) is 3.14. The summed E-state index contributed by atoms with van der Waals surface area (Å²) in [5.74, 6) is 0. The van der Waals surface area contributed by atoms with Crippen molar-refractivity contribution in [3.05, 3.63) is 0 Å². The fourth-order valence-corrected chi connectivity index (χ4v) is 1.58. The molecule has 1 heterocycles. The zero-order chi connectivity index (χ0) is 10.1. The summed E-state index contributed by atoms with van der Waals surface area (Å²) in [5, 5.41) is 36.6. The van der Waals surface area contributed by atoms with E-state index in [1.807, 2.05) is 0 Å². The van der Waals surface area contributed by atoms with E-state index >= 15 is 0 Å². The number of aliphatic hydroxyl groups excluding tert-OH is 3. The maximum Gasteiger partial charge on any atom is 0.212 e. The number of nitrogens with zero attached hydrogens (tertiary/aromatic N) is 1. The smallest absolute Gasteiger partial charge is 0.212 e. The van der Waals surface area contributed by atoms with Crippen LogP contribution in [-0.4, -0.2) is 62.8 Å². The number of aliphatic hydroxyl groups is 4. The van der Waals surface area contributed by atoms with Gasteiger partial charge in [0.2, 0.25) is 6.41 Å². The van der Waals surface area contributed by atoms with E-state index in [9.17, 15) is 15.0 Å². The number of hydrogen-bond acceptors (Lipinski definition) is 5. The number of hydrogen-bond donors (Lipinski definition) is 4. The van der Waals surface area contributed by atoms with Crippen LogP contribution in [0.5, 0.6) is 0 Å². The number of rotatable bonds is 3. The minimum Gasteiger partial charge on any atom is -0.394 e. The number of carbonyl (C=O) groups is 1. The van der Waals surface area contributed by atoms with Gasteiger partial charge in [0, 0.05) is 6.42 Å². The average Bonchev–Trinajstić information content (AvgIpc) is 2.39. The van der Waals surface area contributed by atoms with Gasteiger partial charge in [-0.2, -0.15) is 0 Å². The lowest BCUT2D eigenvalue weighted by Gasteiger charge is -2.32. The average molecular weight is 191 g/mol. The Bertz CT molecular complexity index is 199. The highest BCUT2D eigenvalue weighted by molar-refractivity contribution is 5.50. The minimum atomic E-state index is -1.95. The zero-order valence-electron chi connectivity index (χ0n) is 7.00. The topological polar surface area (TPSA) is 101 Å². The van der Waals surface area contributed by atoms with Crippen molar-refractivity contribution in [3.63, 3.8) is 0 Å². The van der Waals surface area contributed by atoms with Gasteiger partial charge >= 0.3 is 0 Å². The molecular formula is C7H13NO5. The SMILES string of the molecule is O=CN1C(CO)CC(O)C1(O)CO. The summed E-state index contributed by atoms with van der Waals surface area (Å²) in [6.07, 6.45) is -0.848. The van der Waals surface area contributed by atoms with E-state index in [2.05, 4.69) is 0 Å². The molecule has 1 aliphatic rings. The molecule has 1 aliphatic heterocycles. The van der Waals surface area contributed by atoms with Crippen LogP contribution in [0.25, 0.3) is 0 Å².